The molecule has 0 N–H and O–H groups in total. The van der Waals surface area contributed by atoms with Crippen LogP contribution in [0.25, 0.3) is 0 Å². The van der Waals surface area contributed by atoms with E-state index in [0.717, 1.165) is 22.6 Å². The SMILES string of the molecule is COC(C(=O)N(C)Cc1c(C)noc1C)c1ccccc1. The summed E-state index contributed by atoms with van der Waals surface area (Å²) < 4.78 is 10.5. The largest absolute Gasteiger partial charge is 0.367 e. The van der Waals surface area contributed by atoms with Crippen LogP contribution in [0.5, 0.6) is 0 Å². The molecule has 5 nitrogen and oxygen atoms in total. The lowest BCUT2D eigenvalue weighted by Gasteiger charge is -2.23. The van der Waals surface area contributed by atoms with E-state index in [0.29, 0.717) is 6.54 Å². The Hall–Kier alpha value is -2.14. The summed E-state index contributed by atoms with van der Waals surface area (Å²) in [5.74, 6) is 0.643. The maximum Gasteiger partial charge on any atom is 0.256 e. The molecule has 0 bridgehead atoms. The number of ether oxygens (including phenoxy) is 1. The summed E-state index contributed by atoms with van der Waals surface area (Å²) in [5.41, 5.74) is 2.59. The molecule has 0 saturated carbocycles. The molecule has 1 aromatic carbocycles. The Bertz CT molecular complexity index is 588. The van der Waals surface area contributed by atoms with Crippen LogP contribution in [0.1, 0.15) is 28.7 Å². The molecule has 0 aliphatic heterocycles. The zero-order valence-electron chi connectivity index (χ0n) is 12.8. The van der Waals surface area contributed by atoms with E-state index in [-0.39, 0.29) is 5.91 Å². The van der Waals surface area contributed by atoms with E-state index in [4.69, 9.17) is 9.26 Å². The van der Waals surface area contributed by atoms with Gasteiger partial charge in [0.25, 0.3) is 5.91 Å². The fraction of sp³-hybridized carbons (Fsp3) is 0.375. The zero-order chi connectivity index (χ0) is 15.4. The lowest BCUT2D eigenvalue weighted by atomic mass is 10.1. The fourth-order valence-corrected chi connectivity index (χ4v) is 2.25. The molecule has 0 saturated heterocycles. The van der Waals surface area contributed by atoms with Gasteiger partial charge in [-0.15, -0.1) is 0 Å². The van der Waals surface area contributed by atoms with Crippen LogP contribution < -0.4 is 0 Å². The Morgan fingerprint density at radius 2 is 2.00 bits per heavy atom. The highest BCUT2D eigenvalue weighted by Gasteiger charge is 2.24. The number of rotatable bonds is 5. The molecule has 2 aromatic rings. The molecule has 0 aliphatic carbocycles. The summed E-state index contributed by atoms with van der Waals surface area (Å²) in [6, 6.07) is 9.46. The summed E-state index contributed by atoms with van der Waals surface area (Å²) in [6.07, 6.45) is -0.600. The predicted molar refractivity (Wildman–Crippen MR) is 78.6 cm³/mol. The first-order valence-electron chi connectivity index (χ1n) is 6.79. The van der Waals surface area contributed by atoms with E-state index in [1.165, 1.54) is 0 Å². The van der Waals surface area contributed by atoms with Crippen LogP contribution >= 0.6 is 0 Å². The topological polar surface area (TPSA) is 55.6 Å². The number of nitrogens with zero attached hydrogens (tertiary/aromatic N) is 2. The second-order valence-electron chi connectivity index (χ2n) is 5.02. The van der Waals surface area contributed by atoms with Crippen molar-refractivity contribution < 1.29 is 14.1 Å². The highest BCUT2D eigenvalue weighted by Crippen LogP contribution is 2.21. The fourth-order valence-electron chi connectivity index (χ4n) is 2.25. The first-order chi connectivity index (χ1) is 10.0. The van der Waals surface area contributed by atoms with Crippen molar-refractivity contribution in [2.45, 2.75) is 26.5 Å². The highest BCUT2D eigenvalue weighted by atomic mass is 16.5. The number of hydrogen-bond donors (Lipinski definition) is 0. The lowest BCUT2D eigenvalue weighted by molar-refractivity contribution is -0.141. The van der Waals surface area contributed by atoms with Gasteiger partial charge in [-0.3, -0.25) is 4.79 Å². The van der Waals surface area contributed by atoms with Gasteiger partial charge in [0, 0.05) is 19.7 Å². The molecule has 1 amide bonds. The number of aromatic nitrogens is 1. The van der Waals surface area contributed by atoms with Crippen molar-refractivity contribution in [1.29, 1.82) is 0 Å². The third-order valence-corrected chi connectivity index (χ3v) is 3.52. The van der Waals surface area contributed by atoms with Crippen LogP contribution in [-0.2, 0) is 16.1 Å². The molecule has 1 unspecified atom stereocenters. The number of hydrogen-bond acceptors (Lipinski definition) is 4. The molecule has 2 rings (SSSR count). The van der Waals surface area contributed by atoms with Gasteiger partial charge in [-0.2, -0.15) is 0 Å². The molecule has 0 aliphatic rings. The highest BCUT2D eigenvalue weighted by molar-refractivity contribution is 5.82. The van der Waals surface area contributed by atoms with E-state index in [1.54, 1.807) is 19.1 Å². The minimum absolute atomic E-state index is 0.0938. The summed E-state index contributed by atoms with van der Waals surface area (Å²) in [5, 5.41) is 3.91. The monoisotopic (exact) mass is 288 g/mol. The summed E-state index contributed by atoms with van der Waals surface area (Å²) >= 11 is 0. The molecule has 0 fully saturated rings. The van der Waals surface area contributed by atoms with Crippen LogP contribution in [0.3, 0.4) is 0 Å². The van der Waals surface area contributed by atoms with Crippen LogP contribution in [0, 0.1) is 13.8 Å². The smallest absolute Gasteiger partial charge is 0.256 e. The van der Waals surface area contributed by atoms with Crippen molar-refractivity contribution in [2.24, 2.45) is 0 Å². The number of carbonyl (C=O) groups excluding carboxylic acids is 1. The van der Waals surface area contributed by atoms with Crippen molar-refractivity contribution in [1.82, 2.24) is 10.1 Å². The maximum absolute atomic E-state index is 12.6. The van der Waals surface area contributed by atoms with E-state index < -0.39 is 6.10 Å². The second-order valence-corrected chi connectivity index (χ2v) is 5.02. The van der Waals surface area contributed by atoms with Gasteiger partial charge >= 0.3 is 0 Å². The Labute approximate surface area is 124 Å². The average molecular weight is 288 g/mol. The first-order valence-corrected chi connectivity index (χ1v) is 6.79. The van der Waals surface area contributed by atoms with Gasteiger partial charge < -0.3 is 14.2 Å². The van der Waals surface area contributed by atoms with Gasteiger partial charge in [0.05, 0.1) is 12.2 Å². The number of carbonyl (C=O) groups is 1. The van der Waals surface area contributed by atoms with Crippen molar-refractivity contribution in [2.75, 3.05) is 14.2 Å². The number of aryl methyl sites for hydroxylation is 2. The third kappa shape index (κ3) is 3.31. The number of likely N-dealkylation sites (N-methyl/N-ethyl adjacent to an activating group) is 1. The number of amides is 1. The van der Waals surface area contributed by atoms with Crippen molar-refractivity contribution in [3.05, 3.63) is 52.9 Å². The van der Waals surface area contributed by atoms with Crippen LogP contribution in [0.15, 0.2) is 34.9 Å². The molecule has 0 radical (unpaired) electrons. The van der Waals surface area contributed by atoms with Crippen molar-refractivity contribution in [3.63, 3.8) is 0 Å². The first kappa shape index (κ1) is 15.3. The van der Waals surface area contributed by atoms with Gasteiger partial charge in [0.1, 0.15) is 5.76 Å². The lowest BCUT2D eigenvalue weighted by Crippen LogP contribution is -2.32. The molecule has 112 valence electrons. The average Bonchev–Trinajstić information content (AvgIpc) is 2.81. The van der Waals surface area contributed by atoms with E-state index in [9.17, 15) is 4.79 Å². The van der Waals surface area contributed by atoms with Gasteiger partial charge in [0.2, 0.25) is 0 Å². The Morgan fingerprint density at radius 1 is 1.33 bits per heavy atom. The minimum Gasteiger partial charge on any atom is -0.367 e. The summed E-state index contributed by atoms with van der Waals surface area (Å²) in [6.45, 7) is 4.17. The summed E-state index contributed by atoms with van der Waals surface area (Å²) in [4.78, 5) is 14.2. The van der Waals surface area contributed by atoms with Crippen molar-refractivity contribution >= 4 is 5.91 Å². The zero-order valence-corrected chi connectivity index (χ0v) is 12.8. The van der Waals surface area contributed by atoms with Gasteiger partial charge in [-0.1, -0.05) is 35.5 Å². The quantitative estimate of drug-likeness (QED) is 0.848. The van der Waals surface area contributed by atoms with Crippen LogP contribution in [0.4, 0.5) is 0 Å². The van der Waals surface area contributed by atoms with Gasteiger partial charge in [-0.25, -0.2) is 0 Å². The molecular formula is C16H20N2O3. The van der Waals surface area contributed by atoms with Crippen LogP contribution in [0.2, 0.25) is 0 Å². The van der Waals surface area contributed by atoms with E-state index in [1.807, 2.05) is 44.2 Å². The summed E-state index contributed by atoms with van der Waals surface area (Å²) in [7, 11) is 3.29. The molecule has 1 heterocycles. The molecule has 21 heavy (non-hydrogen) atoms. The Morgan fingerprint density at radius 3 is 2.52 bits per heavy atom. The maximum atomic E-state index is 12.6. The predicted octanol–water partition coefficient (Wildman–Crippen LogP) is 2.64. The van der Waals surface area contributed by atoms with Crippen LogP contribution in [-0.4, -0.2) is 30.1 Å². The minimum atomic E-state index is -0.600. The normalized spacial score (nSPS) is 12.2. The molecular weight excluding hydrogens is 268 g/mol. The van der Waals surface area contributed by atoms with Gasteiger partial charge in [0.15, 0.2) is 6.10 Å². The molecule has 1 atom stereocenters. The molecule has 5 heteroatoms. The van der Waals surface area contributed by atoms with Crippen molar-refractivity contribution in [3.8, 4) is 0 Å². The Kier molecular flexibility index (Phi) is 4.75. The standard InChI is InChI=1S/C16H20N2O3/c1-11-14(12(2)21-17-11)10-18(3)16(19)15(20-4)13-8-6-5-7-9-13/h5-9,15H,10H2,1-4H3. The third-order valence-electron chi connectivity index (χ3n) is 3.52. The number of methoxy groups -OCH3 is 1. The second kappa shape index (κ2) is 6.54. The molecule has 0 spiro atoms. The van der Waals surface area contributed by atoms with E-state index in [2.05, 4.69) is 5.16 Å². The van der Waals surface area contributed by atoms with Gasteiger partial charge in [-0.05, 0) is 19.4 Å². The molecule has 1 aromatic heterocycles. The Balaban J connectivity index is 2.14. The number of benzene rings is 1. The van der Waals surface area contributed by atoms with E-state index >= 15 is 0 Å².